The Morgan fingerprint density at radius 1 is 1.37 bits per heavy atom. The molecule has 0 aliphatic carbocycles. The molecule has 2 aromatic heterocycles. The van der Waals surface area contributed by atoms with E-state index in [9.17, 15) is 0 Å². The molecular formula is C13H22N6. The zero-order valence-corrected chi connectivity index (χ0v) is 11.9. The minimum Gasteiger partial charge on any atom is -0.312 e. The maximum absolute atomic E-state index is 4.50. The van der Waals surface area contributed by atoms with Crippen LogP contribution in [0.1, 0.15) is 37.4 Å². The van der Waals surface area contributed by atoms with Crippen molar-refractivity contribution < 1.29 is 0 Å². The number of hydrogen-bond donors (Lipinski definition) is 1. The zero-order valence-electron chi connectivity index (χ0n) is 11.9. The van der Waals surface area contributed by atoms with Crippen LogP contribution in [0.3, 0.4) is 0 Å². The molecule has 0 spiro atoms. The summed E-state index contributed by atoms with van der Waals surface area (Å²) in [5, 5.41) is 15.7. The van der Waals surface area contributed by atoms with E-state index in [2.05, 4.69) is 40.8 Å². The molecule has 2 rings (SSSR count). The van der Waals surface area contributed by atoms with Crippen LogP contribution in [0.15, 0.2) is 18.6 Å². The lowest BCUT2D eigenvalue weighted by molar-refractivity contribution is 0.529. The van der Waals surface area contributed by atoms with Gasteiger partial charge in [-0.2, -0.15) is 5.10 Å². The summed E-state index contributed by atoms with van der Waals surface area (Å²) >= 11 is 0. The lowest BCUT2D eigenvalue weighted by Gasteiger charge is -2.07. The Balaban J connectivity index is 1.73. The molecule has 0 fully saturated rings. The van der Waals surface area contributed by atoms with Gasteiger partial charge in [0.05, 0.1) is 11.9 Å². The van der Waals surface area contributed by atoms with Crippen LogP contribution < -0.4 is 5.32 Å². The van der Waals surface area contributed by atoms with Crippen molar-refractivity contribution in [3.8, 4) is 0 Å². The predicted octanol–water partition coefficient (Wildman–Crippen LogP) is 1.31. The van der Waals surface area contributed by atoms with Crippen molar-refractivity contribution in [3.63, 3.8) is 0 Å². The first-order chi connectivity index (χ1) is 9.16. The van der Waals surface area contributed by atoms with Gasteiger partial charge in [0.25, 0.3) is 0 Å². The Kier molecular flexibility index (Phi) is 4.68. The highest BCUT2D eigenvalue weighted by Crippen LogP contribution is 2.16. The van der Waals surface area contributed by atoms with E-state index in [1.807, 2.05) is 22.6 Å². The molecule has 0 amide bonds. The van der Waals surface area contributed by atoms with Gasteiger partial charge in [-0.3, -0.25) is 9.36 Å². The maximum Gasteiger partial charge on any atom is 0.0694 e. The third-order valence-corrected chi connectivity index (χ3v) is 3.01. The fourth-order valence-electron chi connectivity index (χ4n) is 2.12. The van der Waals surface area contributed by atoms with Crippen LogP contribution in [0.25, 0.3) is 0 Å². The number of aromatic nitrogens is 5. The summed E-state index contributed by atoms with van der Waals surface area (Å²) in [7, 11) is 1.97. The van der Waals surface area contributed by atoms with Crippen LogP contribution in [0, 0.1) is 0 Å². The summed E-state index contributed by atoms with van der Waals surface area (Å²) in [5.41, 5.74) is 2.48. The highest BCUT2D eigenvalue weighted by Gasteiger charge is 2.10. The van der Waals surface area contributed by atoms with E-state index in [0.29, 0.717) is 5.92 Å². The molecule has 0 saturated heterocycles. The van der Waals surface area contributed by atoms with E-state index in [0.717, 1.165) is 26.1 Å². The molecule has 0 saturated carbocycles. The molecule has 6 heteroatoms. The van der Waals surface area contributed by atoms with E-state index in [1.54, 1.807) is 6.20 Å². The van der Waals surface area contributed by atoms with E-state index >= 15 is 0 Å². The number of nitrogens with one attached hydrogen (secondary N) is 1. The Hall–Kier alpha value is -1.69. The second-order valence-electron chi connectivity index (χ2n) is 5.06. The Morgan fingerprint density at radius 3 is 2.89 bits per heavy atom. The molecule has 0 aliphatic rings. The molecule has 0 radical (unpaired) electrons. The number of nitrogens with zero attached hydrogens (tertiary/aromatic N) is 5. The summed E-state index contributed by atoms with van der Waals surface area (Å²) in [6.45, 7) is 7.09. The number of aryl methyl sites for hydroxylation is 2. The summed E-state index contributed by atoms with van der Waals surface area (Å²) in [6.07, 6.45) is 6.73. The Morgan fingerprint density at radius 2 is 2.21 bits per heavy atom. The number of hydrogen-bond acceptors (Lipinski definition) is 4. The van der Waals surface area contributed by atoms with Crippen LogP contribution in [0.5, 0.6) is 0 Å². The molecular weight excluding hydrogens is 240 g/mol. The van der Waals surface area contributed by atoms with E-state index in [-0.39, 0.29) is 0 Å². The Labute approximate surface area is 113 Å². The molecule has 2 heterocycles. The van der Waals surface area contributed by atoms with Crippen molar-refractivity contribution >= 4 is 0 Å². The zero-order chi connectivity index (χ0) is 13.7. The van der Waals surface area contributed by atoms with Crippen molar-refractivity contribution in [2.24, 2.45) is 7.05 Å². The first-order valence-corrected chi connectivity index (χ1v) is 6.74. The van der Waals surface area contributed by atoms with Crippen LogP contribution in [-0.2, 0) is 20.1 Å². The minimum absolute atomic E-state index is 0.466. The smallest absolute Gasteiger partial charge is 0.0694 e. The van der Waals surface area contributed by atoms with Crippen LogP contribution in [0.4, 0.5) is 0 Å². The summed E-state index contributed by atoms with van der Waals surface area (Å²) in [5.74, 6) is 0.466. The highest BCUT2D eigenvalue weighted by molar-refractivity contribution is 5.19. The Bertz CT molecular complexity index is 485. The molecule has 0 aliphatic heterocycles. The van der Waals surface area contributed by atoms with Gasteiger partial charge in [-0.1, -0.05) is 19.1 Å². The average Bonchev–Trinajstić information content (AvgIpc) is 2.98. The fraction of sp³-hybridized carbons (Fsp3) is 0.615. The molecule has 1 N–H and O–H groups in total. The van der Waals surface area contributed by atoms with Crippen LogP contribution in [-0.4, -0.2) is 31.3 Å². The van der Waals surface area contributed by atoms with Crippen molar-refractivity contribution in [2.75, 3.05) is 6.54 Å². The van der Waals surface area contributed by atoms with Gasteiger partial charge in [-0.25, -0.2) is 0 Å². The molecule has 0 bridgehead atoms. The largest absolute Gasteiger partial charge is 0.312 e. The maximum atomic E-state index is 4.50. The van der Waals surface area contributed by atoms with Crippen molar-refractivity contribution in [1.82, 2.24) is 30.1 Å². The molecule has 104 valence electrons. The topological polar surface area (TPSA) is 60.6 Å². The second-order valence-corrected chi connectivity index (χ2v) is 5.06. The van der Waals surface area contributed by atoms with Gasteiger partial charge in [0.2, 0.25) is 0 Å². The molecule has 0 aromatic carbocycles. The predicted molar refractivity (Wildman–Crippen MR) is 73.6 cm³/mol. The van der Waals surface area contributed by atoms with E-state index < -0.39 is 0 Å². The molecule has 6 nitrogen and oxygen atoms in total. The van der Waals surface area contributed by atoms with Crippen molar-refractivity contribution in [2.45, 2.75) is 39.3 Å². The molecule has 2 aromatic rings. The monoisotopic (exact) mass is 262 g/mol. The van der Waals surface area contributed by atoms with Gasteiger partial charge in [0.15, 0.2) is 0 Å². The second kappa shape index (κ2) is 6.47. The summed E-state index contributed by atoms with van der Waals surface area (Å²) in [4.78, 5) is 0. The summed E-state index contributed by atoms with van der Waals surface area (Å²) in [6, 6.07) is 0. The van der Waals surface area contributed by atoms with Gasteiger partial charge < -0.3 is 5.32 Å². The third kappa shape index (κ3) is 3.89. The third-order valence-electron chi connectivity index (χ3n) is 3.01. The minimum atomic E-state index is 0.466. The highest BCUT2D eigenvalue weighted by atomic mass is 15.4. The van der Waals surface area contributed by atoms with E-state index in [4.69, 9.17) is 0 Å². The van der Waals surface area contributed by atoms with Crippen molar-refractivity contribution in [3.05, 3.63) is 29.8 Å². The quantitative estimate of drug-likeness (QED) is 0.764. The average molecular weight is 262 g/mol. The number of rotatable bonds is 7. The summed E-state index contributed by atoms with van der Waals surface area (Å²) < 4.78 is 3.74. The first kappa shape index (κ1) is 13.7. The van der Waals surface area contributed by atoms with Gasteiger partial charge in [0.1, 0.15) is 0 Å². The van der Waals surface area contributed by atoms with Gasteiger partial charge in [0, 0.05) is 38.1 Å². The van der Waals surface area contributed by atoms with Crippen molar-refractivity contribution in [1.29, 1.82) is 0 Å². The normalized spacial score (nSPS) is 11.4. The molecule has 19 heavy (non-hydrogen) atoms. The van der Waals surface area contributed by atoms with E-state index in [1.165, 1.54) is 11.3 Å². The SMILES string of the molecule is CC(C)c1nn(C)cc1CNCCCn1ccnn1. The van der Waals surface area contributed by atoms with Crippen LogP contribution in [0.2, 0.25) is 0 Å². The molecule has 0 unspecified atom stereocenters. The van der Waals surface area contributed by atoms with Gasteiger partial charge in [-0.05, 0) is 18.9 Å². The van der Waals surface area contributed by atoms with Gasteiger partial charge >= 0.3 is 0 Å². The van der Waals surface area contributed by atoms with Gasteiger partial charge in [-0.15, -0.1) is 5.10 Å². The lowest BCUT2D eigenvalue weighted by atomic mass is 10.1. The first-order valence-electron chi connectivity index (χ1n) is 6.74. The lowest BCUT2D eigenvalue weighted by Crippen LogP contribution is -2.17. The fourth-order valence-corrected chi connectivity index (χ4v) is 2.12. The van der Waals surface area contributed by atoms with Crippen LogP contribution >= 0.6 is 0 Å². The standard InChI is InChI=1S/C13H22N6/c1-11(2)13-12(10-18(3)16-13)9-14-5-4-7-19-8-6-15-17-19/h6,8,10-11,14H,4-5,7,9H2,1-3H3. The molecule has 0 atom stereocenters.